The van der Waals surface area contributed by atoms with Gasteiger partial charge in [-0.15, -0.1) is 11.8 Å². The van der Waals surface area contributed by atoms with E-state index in [1.807, 2.05) is 0 Å². The van der Waals surface area contributed by atoms with E-state index < -0.39 is 0 Å². The summed E-state index contributed by atoms with van der Waals surface area (Å²) in [6.07, 6.45) is 19.3. The van der Waals surface area contributed by atoms with Crippen LogP contribution < -0.4 is 0 Å². The van der Waals surface area contributed by atoms with Crippen LogP contribution in [0.2, 0.25) is 0 Å². The van der Waals surface area contributed by atoms with Gasteiger partial charge in [0.2, 0.25) is 0 Å². The molecule has 0 spiro atoms. The van der Waals surface area contributed by atoms with E-state index in [0.717, 1.165) is 38.0 Å². The van der Waals surface area contributed by atoms with Crippen LogP contribution in [-0.4, -0.2) is 0 Å². The first-order valence-corrected chi connectivity index (χ1v) is 9.39. The molecule has 0 aliphatic heterocycles. The normalized spacial score (nSPS) is 12.0. The van der Waals surface area contributed by atoms with Crippen LogP contribution in [0.4, 0.5) is 0 Å². The van der Waals surface area contributed by atoms with Gasteiger partial charge in [-0.1, -0.05) is 91.4 Å². The quantitative estimate of drug-likeness (QED) is 0.235. The van der Waals surface area contributed by atoms with Crippen molar-refractivity contribution in [3.05, 3.63) is 13.8 Å². The van der Waals surface area contributed by atoms with Crippen molar-refractivity contribution in [1.82, 2.24) is 0 Å². The second-order valence-corrected chi connectivity index (χ2v) is 6.24. The highest BCUT2D eigenvalue weighted by Gasteiger charge is 2.04. The maximum atomic E-state index is 3.89. The highest BCUT2D eigenvalue weighted by Crippen LogP contribution is 2.19. The Bertz CT molecular complexity index is 242. The second kappa shape index (κ2) is 17.6. The van der Waals surface area contributed by atoms with Gasteiger partial charge in [0.25, 0.3) is 0 Å². The molecule has 0 fully saturated rings. The Morgan fingerprint density at radius 1 is 0.667 bits per heavy atom. The van der Waals surface area contributed by atoms with Crippen molar-refractivity contribution in [1.29, 1.82) is 0 Å². The summed E-state index contributed by atoms with van der Waals surface area (Å²) in [5.41, 5.74) is 0. The third-order valence-corrected chi connectivity index (χ3v) is 4.29. The van der Waals surface area contributed by atoms with Gasteiger partial charge in [-0.3, -0.25) is 0 Å². The predicted molar refractivity (Wildman–Crippen MR) is 96.9 cm³/mol. The van der Waals surface area contributed by atoms with Gasteiger partial charge >= 0.3 is 0 Å². The summed E-state index contributed by atoms with van der Waals surface area (Å²) >= 11 is 0. The molecule has 122 valence electrons. The lowest BCUT2D eigenvalue weighted by Crippen LogP contribution is -1.98. The molecule has 0 saturated carbocycles. The van der Waals surface area contributed by atoms with E-state index in [-0.39, 0.29) is 0 Å². The van der Waals surface area contributed by atoms with Gasteiger partial charge in [0.15, 0.2) is 0 Å². The van der Waals surface area contributed by atoms with E-state index in [9.17, 15) is 0 Å². The number of hydrogen-bond acceptors (Lipinski definition) is 0. The molecular weight excluding hydrogens is 252 g/mol. The molecule has 2 radical (unpaired) electrons. The van der Waals surface area contributed by atoms with Gasteiger partial charge < -0.3 is 0 Å². The molecule has 0 rings (SSSR count). The lowest BCUT2D eigenvalue weighted by atomic mass is 9.93. The van der Waals surface area contributed by atoms with Crippen molar-refractivity contribution in [3.8, 4) is 11.8 Å². The minimum absolute atomic E-state index is 0.901. The molecular formula is C21H38. The van der Waals surface area contributed by atoms with Crippen LogP contribution in [0.25, 0.3) is 0 Å². The molecule has 0 nitrogen and oxygen atoms in total. The Morgan fingerprint density at radius 3 is 1.86 bits per heavy atom. The Hall–Kier alpha value is -0.440. The summed E-state index contributed by atoms with van der Waals surface area (Å²) in [5.74, 6) is 7.51. The molecule has 1 atom stereocenters. The topological polar surface area (TPSA) is 0 Å². The minimum Gasteiger partial charge on any atom is -0.103 e. The molecule has 0 bridgehead atoms. The van der Waals surface area contributed by atoms with Gasteiger partial charge in [0.05, 0.1) is 0 Å². The molecule has 0 aromatic heterocycles. The lowest BCUT2D eigenvalue weighted by Gasteiger charge is -2.12. The Kier molecular flexibility index (Phi) is 17.2. The van der Waals surface area contributed by atoms with Gasteiger partial charge in [-0.2, -0.15) is 0 Å². The lowest BCUT2D eigenvalue weighted by molar-refractivity contribution is 0.416. The number of unbranched alkanes of at least 4 members (excludes halogenated alkanes) is 9. The summed E-state index contributed by atoms with van der Waals surface area (Å²) in [5, 5.41) is 0. The van der Waals surface area contributed by atoms with Gasteiger partial charge in [0, 0.05) is 12.8 Å². The monoisotopic (exact) mass is 290 g/mol. The number of rotatable bonds is 14. The maximum absolute atomic E-state index is 3.89. The SMILES string of the molecule is [CH2]CCCC#CCCC(CC)CCCCCCCCC[CH2]. The molecule has 0 aromatic rings. The average Bonchev–Trinajstić information content (AvgIpc) is 2.51. The van der Waals surface area contributed by atoms with E-state index in [4.69, 9.17) is 0 Å². The summed E-state index contributed by atoms with van der Waals surface area (Å²) in [6.45, 7) is 10.1. The maximum Gasteiger partial charge on any atom is 0.00913 e. The Morgan fingerprint density at radius 2 is 1.24 bits per heavy atom. The zero-order valence-corrected chi connectivity index (χ0v) is 14.6. The molecule has 21 heavy (non-hydrogen) atoms. The van der Waals surface area contributed by atoms with Crippen LogP contribution >= 0.6 is 0 Å². The fourth-order valence-corrected chi connectivity index (χ4v) is 2.71. The van der Waals surface area contributed by atoms with E-state index in [2.05, 4.69) is 32.6 Å². The zero-order valence-electron chi connectivity index (χ0n) is 14.6. The Balaban J connectivity index is 3.41. The highest BCUT2D eigenvalue weighted by atomic mass is 14.1. The van der Waals surface area contributed by atoms with Crippen molar-refractivity contribution in [2.75, 3.05) is 0 Å². The van der Waals surface area contributed by atoms with Crippen LogP contribution in [0.1, 0.15) is 103 Å². The van der Waals surface area contributed by atoms with Gasteiger partial charge in [0.1, 0.15) is 0 Å². The summed E-state index contributed by atoms with van der Waals surface area (Å²) in [7, 11) is 0. The average molecular weight is 291 g/mol. The molecule has 0 saturated heterocycles. The first-order chi connectivity index (χ1) is 10.3. The van der Waals surface area contributed by atoms with Crippen molar-refractivity contribution < 1.29 is 0 Å². The van der Waals surface area contributed by atoms with Crippen molar-refractivity contribution in [2.45, 2.75) is 103 Å². The van der Waals surface area contributed by atoms with Gasteiger partial charge in [-0.05, 0) is 18.8 Å². The first kappa shape index (κ1) is 20.6. The summed E-state index contributed by atoms with van der Waals surface area (Å²) in [4.78, 5) is 0. The molecule has 0 amide bonds. The third kappa shape index (κ3) is 15.8. The molecule has 0 heteroatoms. The van der Waals surface area contributed by atoms with Crippen LogP contribution in [-0.2, 0) is 0 Å². The van der Waals surface area contributed by atoms with Gasteiger partial charge in [-0.25, -0.2) is 0 Å². The van der Waals surface area contributed by atoms with Crippen LogP contribution in [0.15, 0.2) is 0 Å². The molecule has 0 aromatic carbocycles. The van der Waals surface area contributed by atoms with Crippen molar-refractivity contribution >= 4 is 0 Å². The van der Waals surface area contributed by atoms with E-state index in [1.165, 1.54) is 64.2 Å². The largest absolute Gasteiger partial charge is 0.103 e. The van der Waals surface area contributed by atoms with Crippen molar-refractivity contribution in [3.63, 3.8) is 0 Å². The van der Waals surface area contributed by atoms with Crippen LogP contribution in [0, 0.1) is 31.6 Å². The Labute approximate surface area is 135 Å². The molecule has 0 aliphatic carbocycles. The molecule has 1 unspecified atom stereocenters. The fraction of sp³-hybridized carbons (Fsp3) is 0.810. The van der Waals surface area contributed by atoms with E-state index in [1.54, 1.807) is 0 Å². The molecule has 0 aliphatic rings. The van der Waals surface area contributed by atoms with Crippen molar-refractivity contribution in [2.24, 2.45) is 5.92 Å². The van der Waals surface area contributed by atoms with Crippen LogP contribution in [0.5, 0.6) is 0 Å². The smallest absolute Gasteiger partial charge is 0.00913 e. The summed E-state index contributed by atoms with van der Waals surface area (Å²) in [6, 6.07) is 0. The number of hydrogen-bond donors (Lipinski definition) is 0. The van der Waals surface area contributed by atoms with Crippen LogP contribution in [0.3, 0.4) is 0 Å². The standard InChI is InChI=1S/C21H38/c1-4-7-9-11-13-14-16-18-20-21(6-3)19-17-15-12-10-8-5-2/h21H,1-2,4-11,13-14,16-20H2,3H3. The zero-order chi connectivity index (χ0) is 15.6. The minimum atomic E-state index is 0.901. The fourth-order valence-electron chi connectivity index (χ4n) is 2.71. The first-order valence-electron chi connectivity index (χ1n) is 9.39. The second-order valence-electron chi connectivity index (χ2n) is 6.24. The molecule has 0 heterocycles. The molecule has 0 N–H and O–H groups in total. The third-order valence-electron chi connectivity index (χ3n) is 4.29. The highest BCUT2D eigenvalue weighted by molar-refractivity contribution is 4.98. The predicted octanol–water partition coefficient (Wildman–Crippen LogP) is 7.15. The summed E-state index contributed by atoms with van der Waals surface area (Å²) < 4.78 is 0. The van der Waals surface area contributed by atoms with E-state index in [0.29, 0.717) is 0 Å². The van der Waals surface area contributed by atoms with E-state index >= 15 is 0 Å².